The number of rotatable bonds is 4. The third-order valence-electron chi connectivity index (χ3n) is 1.71. The second kappa shape index (κ2) is 5.05. The van der Waals surface area contributed by atoms with E-state index in [4.69, 9.17) is 0 Å². The number of alkyl halides is 1. The third kappa shape index (κ3) is 3.25. The molecule has 1 N–H and O–H groups in total. The molecule has 6 heteroatoms. The van der Waals surface area contributed by atoms with Crippen LogP contribution in [-0.4, -0.2) is 19.8 Å². The van der Waals surface area contributed by atoms with Crippen molar-refractivity contribution in [3.63, 3.8) is 0 Å². The zero-order valence-corrected chi connectivity index (χ0v) is 10.5. The van der Waals surface area contributed by atoms with E-state index in [0.717, 1.165) is 6.07 Å². The average Bonchev–Trinajstić information content (AvgIpc) is 2.17. The lowest BCUT2D eigenvalue weighted by atomic mass is 10.4. The van der Waals surface area contributed by atoms with E-state index >= 15 is 0 Å². The maximum Gasteiger partial charge on any atom is 0.243 e. The van der Waals surface area contributed by atoms with Gasteiger partial charge in [-0.15, -0.1) is 0 Å². The van der Waals surface area contributed by atoms with Gasteiger partial charge in [0.2, 0.25) is 10.0 Å². The summed E-state index contributed by atoms with van der Waals surface area (Å²) in [6.07, 6.45) is 0. The molecule has 0 radical (unpaired) electrons. The predicted octanol–water partition coefficient (Wildman–Crippen LogP) is 1.89. The summed E-state index contributed by atoms with van der Waals surface area (Å²) >= 11 is 3.14. The van der Waals surface area contributed by atoms with Crippen LogP contribution in [0.5, 0.6) is 0 Å². The van der Waals surface area contributed by atoms with E-state index in [1.54, 1.807) is 6.92 Å². The summed E-state index contributed by atoms with van der Waals surface area (Å²) in [6.45, 7) is 1.69. The SMILES string of the molecule is CC(CBr)NS(=O)(=O)c1ccccc1F. The highest BCUT2D eigenvalue weighted by molar-refractivity contribution is 9.09. The molecular weight excluding hydrogens is 285 g/mol. The van der Waals surface area contributed by atoms with Gasteiger partial charge in [0, 0.05) is 11.4 Å². The van der Waals surface area contributed by atoms with Gasteiger partial charge in [0.1, 0.15) is 10.7 Å². The molecule has 1 aromatic rings. The zero-order chi connectivity index (χ0) is 11.5. The van der Waals surface area contributed by atoms with Crippen molar-refractivity contribution in [2.75, 3.05) is 5.33 Å². The van der Waals surface area contributed by atoms with Gasteiger partial charge in [0.25, 0.3) is 0 Å². The lowest BCUT2D eigenvalue weighted by Crippen LogP contribution is -2.34. The number of benzene rings is 1. The summed E-state index contributed by atoms with van der Waals surface area (Å²) in [7, 11) is -3.76. The van der Waals surface area contributed by atoms with Gasteiger partial charge >= 0.3 is 0 Å². The molecule has 0 aromatic heterocycles. The van der Waals surface area contributed by atoms with Gasteiger partial charge in [-0.2, -0.15) is 0 Å². The number of halogens is 2. The van der Waals surface area contributed by atoms with Crippen LogP contribution in [-0.2, 0) is 10.0 Å². The molecule has 1 rings (SSSR count). The minimum Gasteiger partial charge on any atom is -0.207 e. The summed E-state index contributed by atoms with van der Waals surface area (Å²) in [4.78, 5) is -0.321. The van der Waals surface area contributed by atoms with Gasteiger partial charge in [0.05, 0.1) is 0 Å². The molecule has 0 bridgehead atoms. The standard InChI is InChI=1S/C9H11BrFNO2S/c1-7(6-10)12-15(13,14)9-5-3-2-4-8(9)11/h2-5,7,12H,6H2,1H3. The molecular formula is C9H11BrFNO2S. The molecule has 0 saturated carbocycles. The van der Waals surface area contributed by atoms with Gasteiger partial charge in [-0.25, -0.2) is 17.5 Å². The van der Waals surface area contributed by atoms with Gasteiger partial charge < -0.3 is 0 Å². The van der Waals surface area contributed by atoms with E-state index in [9.17, 15) is 12.8 Å². The van der Waals surface area contributed by atoms with Crippen LogP contribution in [0.1, 0.15) is 6.92 Å². The minimum atomic E-state index is -3.76. The van der Waals surface area contributed by atoms with E-state index in [-0.39, 0.29) is 10.9 Å². The maximum absolute atomic E-state index is 13.2. The lowest BCUT2D eigenvalue weighted by Gasteiger charge is -2.11. The second-order valence-electron chi connectivity index (χ2n) is 3.11. The Balaban J connectivity index is 3.02. The van der Waals surface area contributed by atoms with E-state index in [0.29, 0.717) is 5.33 Å². The van der Waals surface area contributed by atoms with Crippen molar-refractivity contribution in [3.05, 3.63) is 30.1 Å². The molecule has 0 aliphatic carbocycles. The Kier molecular flexibility index (Phi) is 4.24. The molecule has 0 saturated heterocycles. The molecule has 84 valence electrons. The normalized spacial score (nSPS) is 13.8. The Morgan fingerprint density at radius 1 is 1.47 bits per heavy atom. The highest BCUT2D eigenvalue weighted by Crippen LogP contribution is 2.13. The van der Waals surface area contributed by atoms with Crippen LogP contribution in [0.3, 0.4) is 0 Å². The Morgan fingerprint density at radius 2 is 2.07 bits per heavy atom. The smallest absolute Gasteiger partial charge is 0.207 e. The molecule has 1 atom stereocenters. The Morgan fingerprint density at radius 3 is 2.60 bits per heavy atom. The number of hydrogen-bond acceptors (Lipinski definition) is 2. The van der Waals surface area contributed by atoms with Crippen LogP contribution in [0.4, 0.5) is 4.39 Å². The maximum atomic E-state index is 13.2. The minimum absolute atomic E-state index is 0.283. The molecule has 0 aliphatic heterocycles. The number of sulfonamides is 1. The van der Waals surface area contributed by atoms with E-state index in [2.05, 4.69) is 20.7 Å². The predicted molar refractivity (Wildman–Crippen MR) is 60.0 cm³/mol. The first-order chi connectivity index (χ1) is 6.97. The quantitative estimate of drug-likeness (QED) is 0.862. The van der Waals surface area contributed by atoms with Crippen LogP contribution in [0.15, 0.2) is 29.2 Å². The highest BCUT2D eigenvalue weighted by Gasteiger charge is 2.19. The highest BCUT2D eigenvalue weighted by atomic mass is 79.9. The molecule has 0 fully saturated rings. The van der Waals surface area contributed by atoms with Crippen molar-refractivity contribution in [2.45, 2.75) is 17.9 Å². The molecule has 0 heterocycles. The molecule has 1 aromatic carbocycles. The van der Waals surface area contributed by atoms with Crippen LogP contribution < -0.4 is 4.72 Å². The molecule has 1 unspecified atom stereocenters. The van der Waals surface area contributed by atoms with Gasteiger partial charge in [-0.3, -0.25) is 0 Å². The van der Waals surface area contributed by atoms with E-state index in [1.165, 1.54) is 18.2 Å². The first-order valence-electron chi connectivity index (χ1n) is 4.30. The molecule has 15 heavy (non-hydrogen) atoms. The van der Waals surface area contributed by atoms with Crippen molar-refractivity contribution in [1.29, 1.82) is 0 Å². The molecule has 0 aliphatic rings. The van der Waals surface area contributed by atoms with Crippen molar-refractivity contribution >= 4 is 26.0 Å². The van der Waals surface area contributed by atoms with Crippen molar-refractivity contribution < 1.29 is 12.8 Å². The van der Waals surface area contributed by atoms with Crippen LogP contribution in [0, 0.1) is 5.82 Å². The van der Waals surface area contributed by atoms with Crippen LogP contribution in [0.2, 0.25) is 0 Å². The number of nitrogens with one attached hydrogen (secondary N) is 1. The number of hydrogen-bond donors (Lipinski definition) is 1. The van der Waals surface area contributed by atoms with E-state index in [1.807, 2.05) is 0 Å². The summed E-state index contributed by atoms with van der Waals surface area (Å²) in [5, 5.41) is 0.473. The first kappa shape index (κ1) is 12.6. The van der Waals surface area contributed by atoms with Gasteiger partial charge in [-0.05, 0) is 19.1 Å². The third-order valence-corrected chi connectivity index (χ3v) is 4.31. The fourth-order valence-corrected chi connectivity index (χ4v) is 2.72. The fraction of sp³-hybridized carbons (Fsp3) is 0.333. The average molecular weight is 296 g/mol. The summed E-state index contributed by atoms with van der Waals surface area (Å²) in [5.41, 5.74) is 0. The first-order valence-corrected chi connectivity index (χ1v) is 6.90. The molecule has 0 amide bonds. The topological polar surface area (TPSA) is 46.2 Å². The van der Waals surface area contributed by atoms with Crippen molar-refractivity contribution in [2.24, 2.45) is 0 Å². The second-order valence-corrected chi connectivity index (χ2v) is 5.44. The molecule has 0 spiro atoms. The largest absolute Gasteiger partial charge is 0.243 e. The summed E-state index contributed by atoms with van der Waals surface area (Å²) in [6, 6.07) is 5.00. The zero-order valence-electron chi connectivity index (χ0n) is 8.07. The van der Waals surface area contributed by atoms with E-state index < -0.39 is 15.8 Å². The van der Waals surface area contributed by atoms with Crippen molar-refractivity contribution in [1.82, 2.24) is 4.72 Å². The molecule has 3 nitrogen and oxygen atoms in total. The van der Waals surface area contributed by atoms with Crippen molar-refractivity contribution in [3.8, 4) is 0 Å². The summed E-state index contributed by atoms with van der Waals surface area (Å²) < 4.78 is 38.9. The van der Waals surface area contributed by atoms with Crippen LogP contribution >= 0.6 is 15.9 Å². The summed E-state index contributed by atoms with van der Waals surface area (Å²) in [5.74, 6) is -0.744. The van der Waals surface area contributed by atoms with Gasteiger partial charge in [-0.1, -0.05) is 28.1 Å². The Bertz CT molecular complexity index is 435. The Hall–Kier alpha value is -0.460. The fourth-order valence-electron chi connectivity index (χ4n) is 1.02. The van der Waals surface area contributed by atoms with Crippen LogP contribution in [0.25, 0.3) is 0 Å². The monoisotopic (exact) mass is 295 g/mol. The lowest BCUT2D eigenvalue weighted by molar-refractivity contribution is 0.550. The van der Waals surface area contributed by atoms with Gasteiger partial charge in [0.15, 0.2) is 0 Å². The Labute approximate surface area is 96.9 Å².